The molecule has 0 saturated heterocycles. The lowest BCUT2D eigenvalue weighted by atomic mass is 10.1. The second-order valence-corrected chi connectivity index (χ2v) is 4.67. The van der Waals surface area contributed by atoms with Gasteiger partial charge in [-0.2, -0.15) is 0 Å². The van der Waals surface area contributed by atoms with E-state index in [4.69, 9.17) is 23.2 Å². The quantitative estimate of drug-likeness (QED) is 0.252. The molecule has 1 heterocycles. The first-order chi connectivity index (χ1) is 7.70. The number of aromatic amines is 1. The number of amidine groups is 1. The lowest BCUT2D eigenvalue weighted by molar-refractivity contribution is 0.318. The fourth-order valence-corrected chi connectivity index (χ4v) is 2.14. The van der Waals surface area contributed by atoms with Crippen LogP contribution in [0.3, 0.4) is 0 Å². The van der Waals surface area contributed by atoms with Crippen LogP contribution in [0.2, 0.25) is 0 Å². The number of oxime groups is 1. The normalized spacial score (nSPS) is 11.6. The number of rotatable bonds is 2. The molecule has 0 aliphatic rings. The van der Waals surface area contributed by atoms with E-state index in [-0.39, 0.29) is 5.84 Å². The van der Waals surface area contributed by atoms with Crippen molar-refractivity contribution < 1.29 is 5.21 Å². The number of hydrogen-bond donors (Lipinski definition) is 3. The Kier molecular flexibility index (Phi) is 3.02. The molecule has 0 spiro atoms. The summed E-state index contributed by atoms with van der Waals surface area (Å²) in [7, 11) is 0. The van der Waals surface area contributed by atoms with Crippen molar-refractivity contribution in [2.45, 2.75) is 0 Å². The maximum Gasteiger partial charge on any atom is 0.170 e. The van der Waals surface area contributed by atoms with E-state index >= 15 is 0 Å². The summed E-state index contributed by atoms with van der Waals surface area (Å²) in [5.41, 5.74) is 8.13. The Bertz CT molecular complexity index is 568. The minimum Gasteiger partial charge on any atom is -0.409 e. The van der Waals surface area contributed by atoms with E-state index < -0.39 is 0 Å². The molecule has 82 valence electrons. The van der Waals surface area contributed by atoms with Crippen LogP contribution in [-0.4, -0.2) is 16.0 Å². The van der Waals surface area contributed by atoms with Gasteiger partial charge in [0.05, 0.1) is 5.69 Å². The number of H-pyrrole nitrogens is 1. The third-order valence-corrected chi connectivity index (χ3v) is 3.18. The Balaban J connectivity index is 2.36. The third kappa shape index (κ3) is 2.12. The molecule has 0 bridgehead atoms. The number of aromatic nitrogens is 1. The first-order valence-corrected chi connectivity index (χ1v) is 5.75. The number of nitrogens with zero attached hydrogens (tertiary/aromatic N) is 1. The van der Waals surface area contributed by atoms with Gasteiger partial charge in [0.25, 0.3) is 0 Å². The van der Waals surface area contributed by atoms with Gasteiger partial charge in [-0.05, 0) is 17.8 Å². The van der Waals surface area contributed by atoms with Crippen molar-refractivity contribution in [1.29, 1.82) is 0 Å². The van der Waals surface area contributed by atoms with Gasteiger partial charge < -0.3 is 15.9 Å². The molecule has 0 aliphatic heterocycles. The number of nitrogens with one attached hydrogen (secondary N) is 1. The summed E-state index contributed by atoms with van der Waals surface area (Å²) >= 11 is 6.49. The zero-order valence-corrected chi connectivity index (χ0v) is 9.81. The number of nitrogens with two attached hydrogens (primary N) is 1. The van der Waals surface area contributed by atoms with Crippen LogP contribution < -0.4 is 5.73 Å². The zero-order chi connectivity index (χ0) is 11.5. The molecule has 2 aromatic rings. The van der Waals surface area contributed by atoms with Gasteiger partial charge in [0.2, 0.25) is 0 Å². The highest BCUT2D eigenvalue weighted by molar-refractivity contribution is 7.73. The van der Waals surface area contributed by atoms with Gasteiger partial charge in [-0.25, -0.2) is 0 Å². The third-order valence-electron chi connectivity index (χ3n) is 2.12. The SMILES string of the molecule is N/C(=N\O)c1ccc(-c2csc(=S)[nH]2)cc1. The molecule has 1 aromatic heterocycles. The molecule has 0 saturated carbocycles. The fraction of sp³-hybridized carbons (Fsp3) is 0. The second-order valence-electron chi connectivity index (χ2n) is 3.12. The van der Waals surface area contributed by atoms with E-state index in [1.54, 1.807) is 12.1 Å². The summed E-state index contributed by atoms with van der Waals surface area (Å²) in [5, 5.41) is 13.4. The summed E-state index contributed by atoms with van der Waals surface area (Å²) in [5.74, 6) is 0.102. The Labute approximate surface area is 101 Å². The highest BCUT2D eigenvalue weighted by atomic mass is 32.1. The van der Waals surface area contributed by atoms with Crippen molar-refractivity contribution in [2.24, 2.45) is 10.9 Å². The molecule has 4 nitrogen and oxygen atoms in total. The molecule has 0 amide bonds. The van der Waals surface area contributed by atoms with Gasteiger partial charge in [0, 0.05) is 10.9 Å². The maximum absolute atomic E-state index is 8.52. The van der Waals surface area contributed by atoms with Gasteiger partial charge >= 0.3 is 0 Å². The van der Waals surface area contributed by atoms with E-state index in [1.807, 2.05) is 17.5 Å². The minimum absolute atomic E-state index is 0.102. The van der Waals surface area contributed by atoms with Gasteiger partial charge in [-0.3, -0.25) is 0 Å². The lowest BCUT2D eigenvalue weighted by Gasteiger charge is -2.00. The summed E-state index contributed by atoms with van der Waals surface area (Å²) in [6, 6.07) is 7.36. The highest BCUT2D eigenvalue weighted by Gasteiger charge is 2.01. The van der Waals surface area contributed by atoms with Crippen LogP contribution in [0.5, 0.6) is 0 Å². The summed E-state index contributed by atoms with van der Waals surface area (Å²) in [6.45, 7) is 0. The lowest BCUT2D eigenvalue weighted by Crippen LogP contribution is -2.12. The first kappa shape index (κ1) is 10.8. The molecular formula is C10H9N3OS2. The molecule has 6 heteroatoms. The van der Waals surface area contributed by atoms with Crippen molar-refractivity contribution in [1.82, 2.24) is 4.98 Å². The van der Waals surface area contributed by atoms with Crippen LogP contribution in [-0.2, 0) is 0 Å². The Morgan fingerprint density at radius 1 is 1.38 bits per heavy atom. The standard InChI is InChI=1S/C10H9N3OS2/c11-9(13-14)7-3-1-6(2-4-7)8-5-16-10(15)12-8/h1-5,14H,(H2,11,13)(H,12,15). The number of thiazole rings is 1. The molecule has 0 aliphatic carbocycles. The molecule has 0 fully saturated rings. The van der Waals surface area contributed by atoms with Gasteiger partial charge in [-0.1, -0.05) is 29.4 Å². The second kappa shape index (κ2) is 4.46. The van der Waals surface area contributed by atoms with Crippen LogP contribution >= 0.6 is 23.6 Å². The topological polar surface area (TPSA) is 74.4 Å². The van der Waals surface area contributed by atoms with Gasteiger partial charge in [0.1, 0.15) is 0 Å². The monoisotopic (exact) mass is 251 g/mol. The van der Waals surface area contributed by atoms with Gasteiger partial charge in [-0.15, -0.1) is 11.3 Å². The average Bonchev–Trinajstić information content (AvgIpc) is 2.75. The van der Waals surface area contributed by atoms with Crippen molar-refractivity contribution in [3.05, 3.63) is 39.2 Å². The smallest absolute Gasteiger partial charge is 0.170 e. The molecular weight excluding hydrogens is 242 g/mol. The van der Waals surface area contributed by atoms with E-state index in [1.165, 1.54) is 11.3 Å². The molecule has 1 aromatic carbocycles. The minimum atomic E-state index is 0.102. The summed E-state index contributed by atoms with van der Waals surface area (Å²) in [4.78, 5) is 3.08. The van der Waals surface area contributed by atoms with Crippen LogP contribution in [0.25, 0.3) is 11.3 Å². The van der Waals surface area contributed by atoms with Crippen molar-refractivity contribution in [3.8, 4) is 11.3 Å². The first-order valence-electron chi connectivity index (χ1n) is 4.47. The van der Waals surface area contributed by atoms with Crippen LogP contribution in [0.1, 0.15) is 5.56 Å². The molecule has 2 rings (SSSR count). The average molecular weight is 251 g/mol. The van der Waals surface area contributed by atoms with Crippen LogP contribution in [0.4, 0.5) is 0 Å². The fourth-order valence-electron chi connectivity index (χ4n) is 1.30. The molecule has 4 N–H and O–H groups in total. The molecule has 0 atom stereocenters. The van der Waals surface area contributed by atoms with Crippen molar-refractivity contribution >= 4 is 29.4 Å². The van der Waals surface area contributed by atoms with E-state index in [0.29, 0.717) is 5.56 Å². The van der Waals surface area contributed by atoms with E-state index in [2.05, 4.69) is 10.1 Å². The summed E-state index contributed by atoms with van der Waals surface area (Å²) in [6.07, 6.45) is 0. The van der Waals surface area contributed by atoms with Crippen molar-refractivity contribution in [2.75, 3.05) is 0 Å². The zero-order valence-electron chi connectivity index (χ0n) is 8.18. The van der Waals surface area contributed by atoms with E-state index in [9.17, 15) is 0 Å². The van der Waals surface area contributed by atoms with E-state index in [0.717, 1.165) is 15.2 Å². The van der Waals surface area contributed by atoms with Gasteiger partial charge in [0.15, 0.2) is 9.79 Å². The predicted molar refractivity (Wildman–Crippen MR) is 67.5 cm³/mol. The highest BCUT2D eigenvalue weighted by Crippen LogP contribution is 2.20. The molecule has 0 unspecified atom stereocenters. The van der Waals surface area contributed by atoms with Crippen LogP contribution in [0, 0.1) is 3.95 Å². The molecule has 16 heavy (non-hydrogen) atoms. The Morgan fingerprint density at radius 3 is 2.56 bits per heavy atom. The predicted octanol–water partition coefficient (Wildman–Crippen LogP) is 2.57. The number of hydrogen-bond acceptors (Lipinski definition) is 4. The summed E-state index contributed by atoms with van der Waals surface area (Å²) < 4.78 is 0.746. The van der Waals surface area contributed by atoms with Crippen molar-refractivity contribution in [3.63, 3.8) is 0 Å². The Hall–Kier alpha value is -1.66. The molecule has 0 radical (unpaired) electrons. The Morgan fingerprint density at radius 2 is 2.06 bits per heavy atom. The number of benzene rings is 1. The largest absolute Gasteiger partial charge is 0.409 e. The van der Waals surface area contributed by atoms with Crippen LogP contribution in [0.15, 0.2) is 34.8 Å². The maximum atomic E-state index is 8.52.